The fourth-order valence-corrected chi connectivity index (χ4v) is 4.83. The van der Waals surface area contributed by atoms with Crippen molar-refractivity contribution in [2.24, 2.45) is 0 Å². The first-order valence-electron chi connectivity index (χ1n) is 12.0. The SMILES string of the molecule is COc1c(Nc2ccc(-n3cncn3)cc2Cl)ncnc1OC1CC2COCC(C1)N2C(=O)OC(C)C. The second kappa shape index (κ2) is 10.8. The standard InChI is InChI=1S/C24H28ClN7O5/c1-14(2)36-24(33)32-16-6-18(7-17(32)10-35-9-16)37-23-21(34-3)22(27-12-28-23)30-20-5-4-15(8-19(20)25)31-13-26-11-29-31/h4-5,8,11-14,16-18H,6-7,9-10H2,1-3H3,(H,27,28,30). The Hall–Kier alpha value is -3.64. The van der Waals surface area contributed by atoms with Crippen LogP contribution in [0, 0.1) is 0 Å². The van der Waals surface area contributed by atoms with E-state index in [1.165, 1.54) is 19.8 Å². The Morgan fingerprint density at radius 2 is 1.97 bits per heavy atom. The van der Waals surface area contributed by atoms with E-state index in [0.717, 1.165) is 5.69 Å². The highest BCUT2D eigenvalue weighted by Gasteiger charge is 2.44. The van der Waals surface area contributed by atoms with Gasteiger partial charge in [0.05, 0.1) is 54.9 Å². The van der Waals surface area contributed by atoms with Crippen LogP contribution in [0.1, 0.15) is 26.7 Å². The minimum Gasteiger partial charge on any atom is -0.489 e. The van der Waals surface area contributed by atoms with Gasteiger partial charge in [0.25, 0.3) is 5.88 Å². The molecule has 5 rings (SSSR count). The molecule has 2 atom stereocenters. The zero-order valence-corrected chi connectivity index (χ0v) is 21.5. The largest absolute Gasteiger partial charge is 0.489 e. The van der Waals surface area contributed by atoms with E-state index in [1.54, 1.807) is 22.0 Å². The molecule has 2 aromatic heterocycles. The molecule has 2 unspecified atom stereocenters. The highest BCUT2D eigenvalue weighted by atomic mass is 35.5. The summed E-state index contributed by atoms with van der Waals surface area (Å²) in [6, 6.07) is 5.15. The Labute approximate surface area is 218 Å². The molecule has 37 heavy (non-hydrogen) atoms. The van der Waals surface area contributed by atoms with Crippen molar-refractivity contribution in [1.82, 2.24) is 29.6 Å². The van der Waals surface area contributed by atoms with Crippen LogP contribution in [0.25, 0.3) is 5.69 Å². The third-order valence-corrected chi connectivity index (χ3v) is 6.48. The van der Waals surface area contributed by atoms with E-state index >= 15 is 0 Å². The van der Waals surface area contributed by atoms with Crippen molar-refractivity contribution in [3.05, 3.63) is 42.2 Å². The van der Waals surface area contributed by atoms with E-state index < -0.39 is 0 Å². The van der Waals surface area contributed by atoms with E-state index in [0.29, 0.717) is 54.2 Å². The van der Waals surface area contributed by atoms with Gasteiger partial charge in [-0.3, -0.25) is 4.90 Å². The highest BCUT2D eigenvalue weighted by Crippen LogP contribution is 2.38. The van der Waals surface area contributed by atoms with Crippen LogP contribution in [0.4, 0.5) is 16.3 Å². The van der Waals surface area contributed by atoms with Gasteiger partial charge in [-0.05, 0) is 32.0 Å². The van der Waals surface area contributed by atoms with Gasteiger partial charge >= 0.3 is 6.09 Å². The van der Waals surface area contributed by atoms with Crippen LogP contribution in [0.3, 0.4) is 0 Å². The molecule has 2 fully saturated rings. The normalized spacial score (nSPS) is 21.0. The predicted molar refractivity (Wildman–Crippen MR) is 134 cm³/mol. The van der Waals surface area contributed by atoms with Crippen molar-refractivity contribution in [2.75, 3.05) is 25.6 Å². The van der Waals surface area contributed by atoms with Crippen molar-refractivity contribution in [2.45, 2.75) is 51.0 Å². The summed E-state index contributed by atoms with van der Waals surface area (Å²) in [4.78, 5) is 27.1. The number of carbonyl (C=O) groups is 1. The van der Waals surface area contributed by atoms with Gasteiger partial charge in [0.15, 0.2) is 5.82 Å². The molecule has 1 N–H and O–H groups in total. The number of nitrogens with zero attached hydrogens (tertiary/aromatic N) is 6. The van der Waals surface area contributed by atoms with Crippen LogP contribution in [-0.2, 0) is 9.47 Å². The number of fused-ring (bicyclic) bond motifs is 2. The fourth-order valence-electron chi connectivity index (χ4n) is 4.61. The molecular weight excluding hydrogens is 502 g/mol. The quantitative estimate of drug-likeness (QED) is 0.485. The fraction of sp³-hybridized carbons (Fsp3) is 0.458. The van der Waals surface area contributed by atoms with E-state index in [4.69, 9.17) is 30.5 Å². The highest BCUT2D eigenvalue weighted by molar-refractivity contribution is 6.33. The number of carbonyl (C=O) groups excluding carboxylic acids is 1. The topological polar surface area (TPSA) is 126 Å². The van der Waals surface area contributed by atoms with Crippen molar-refractivity contribution >= 4 is 29.2 Å². The van der Waals surface area contributed by atoms with Gasteiger partial charge in [-0.15, -0.1) is 0 Å². The van der Waals surface area contributed by atoms with Crippen LogP contribution < -0.4 is 14.8 Å². The zero-order valence-electron chi connectivity index (χ0n) is 20.7. The Kier molecular flexibility index (Phi) is 7.28. The molecule has 1 aromatic carbocycles. The first-order chi connectivity index (χ1) is 17.9. The number of hydrogen-bond donors (Lipinski definition) is 1. The lowest BCUT2D eigenvalue weighted by molar-refractivity contribution is -0.0935. The summed E-state index contributed by atoms with van der Waals surface area (Å²) in [5.74, 6) is 1.06. The number of hydrogen-bond acceptors (Lipinski definition) is 10. The van der Waals surface area contributed by atoms with E-state index in [-0.39, 0.29) is 30.4 Å². The number of ether oxygens (including phenoxy) is 4. The molecule has 2 aliphatic rings. The number of halogens is 1. The Morgan fingerprint density at radius 3 is 2.62 bits per heavy atom. The molecule has 196 valence electrons. The van der Waals surface area contributed by atoms with Gasteiger partial charge in [0.1, 0.15) is 25.1 Å². The summed E-state index contributed by atoms with van der Waals surface area (Å²) in [6.45, 7) is 4.54. The van der Waals surface area contributed by atoms with Crippen LogP contribution in [0.15, 0.2) is 37.2 Å². The second-order valence-electron chi connectivity index (χ2n) is 9.09. The van der Waals surface area contributed by atoms with Gasteiger partial charge < -0.3 is 24.3 Å². The molecule has 0 aliphatic carbocycles. The molecule has 2 bridgehead atoms. The summed E-state index contributed by atoms with van der Waals surface area (Å²) in [5.41, 5.74) is 1.39. The lowest BCUT2D eigenvalue weighted by Crippen LogP contribution is -2.61. The number of amides is 1. The summed E-state index contributed by atoms with van der Waals surface area (Å²) >= 11 is 6.52. The number of anilines is 2. The van der Waals surface area contributed by atoms with Gasteiger partial charge in [-0.25, -0.2) is 19.4 Å². The molecule has 0 spiro atoms. The third-order valence-electron chi connectivity index (χ3n) is 6.17. The first-order valence-corrected chi connectivity index (χ1v) is 12.3. The van der Waals surface area contributed by atoms with Gasteiger partial charge in [0.2, 0.25) is 5.75 Å². The lowest BCUT2D eigenvalue weighted by Gasteiger charge is -2.47. The number of aromatic nitrogens is 5. The zero-order chi connectivity index (χ0) is 25.9. The second-order valence-corrected chi connectivity index (χ2v) is 9.49. The monoisotopic (exact) mass is 529 g/mol. The van der Waals surface area contributed by atoms with E-state index in [2.05, 4.69) is 25.4 Å². The molecule has 2 saturated heterocycles. The minimum atomic E-state index is -0.315. The molecule has 0 radical (unpaired) electrons. The molecule has 2 aliphatic heterocycles. The Balaban J connectivity index is 1.31. The van der Waals surface area contributed by atoms with Gasteiger partial charge in [-0.2, -0.15) is 10.1 Å². The lowest BCUT2D eigenvalue weighted by atomic mass is 9.92. The number of rotatable bonds is 7. The van der Waals surface area contributed by atoms with E-state index in [9.17, 15) is 4.79 Å². The maximum absolute atomic E-state index is 12.7. The first kappa shape index (κ1) is 25.0. The predicted octanol–water partition coefficient (Wildman–Crippen LogP) is 3.62. The molecule has 4 heterocycles. The van der Waals surface area contributed by atoms with E-state index in [1.807, 2.05) is 26.0 Å². The van der Waals surface area contributed by atoms with Gasteiger partial charge in [0, 0.05) is 12.8 Å². The molecule has 12 nitrogen and oxygen atoms in total. The Morgan fingerprint density at radius 1 is 1.19 bits per heavy atom. The smallest absolute Gasteiger partial charge is 0.410 e. The van der Waals surface area contributed by atoms with Crippen molar-refractivity contribution < 1.29 is 23.7 Å². The molecule has 0 saturated carbocycles. The van der Waals surface area contributed by atoms with Crippen LogP contribution in [0.2, 0.25) is 5.02 Å². The molecule has 1 amide bonds. The van der Waals surface area contributed by atoms with Gasteiger partial charge in [-0.1, -0.05) is 11.6 Å². The van der Waals surface area contributed by atoms with Crippen LogP contribution >= 0.6 is 11.6 Å². The number of morpholine rings is 1. The summed E-state index contributed by atoms with van der Waals surface area (Å²) in [6.07, 6.45) is 4.91. The molecule has 3 aromatic rings. The Bertz CT molecular complexity index is 1230. The molecular formula is C24H28ClN7O5. The average molecular weight is 530 g/mol. The number of methoxy groups -OCH3 is 1. The summed E-state index contributed by atoms with van der Waals surface area (Å²) < 4.78 is 24.7. The summed E-state index contributed by atoms with van der Waals surface area (Å²) in [5, 5.41) is 7.78. The van der Waals surface area contributed by atoms with Crippen molar-refractivity contribution in [3.63, 3.8) is 0 Å². The van der Waals surface area contributed by atoms with Crippen LogP contribution in [0.5, 0.6) is 11.6 Å². The van der Waals surface area contributed by atoms with Crippen molar-refractivity contribution in [3.8, 4) is 17.3 Å². The maximum atomic E-state index is 12.7. The van der Waals surface area contributed by atoms with Crippen molar-refractivity contribution in [1.29, 1.82) is 0 Å². The molecule has 13 heteroatoms. The number of benzene rings is 1. The average Bonchev–Trinajstić information content (AvgIpc) is 3.39. The van der Waals surface area contributed by atoms with Crippen LogP contribution in [-0.4, -0.2) is 80.3 Å². The summed E-state index contributed by atoms with van der Waals surface area (Å²) in [7, 11) is 1.53. The minimum absolute atomic E-state index is 0.142. The maximum Gasteiger partial charge on any atom is 0.410 e. The number of nitrogens with one attached hydrogen (secondary N) is 1. The number of piperidine rings is 1. The third kappa shape index (κ3) is 5.39.